The fraction of sp³-hybridized carbons (Fsp3) is 0.435. The molecule has 0 saturated heterocycles. The maximum absolute atomic E-state index is 10.1. The highest BCUT2D eigenvalue weighted by molar-refractivity contribution is 5.91. The fourth-order valence-electron chi connectivity index (χ4n) is 4.25. The van der Waals surface area contributed by atoms with Crippen molar-refractivity contribution in [3.05, 3.63) is 47.5 Å². The van der Waals surface area contributed by atoms with Gasteiger partial charge in [-0.25, -0.2) is 9.97 Å². The minimum atomic E-state index is 0.409. The predicted octanol–water partition coefficient (Wildman–Crippen LogP) is 5.06. The molecule has 0 bridgehead atoms. The summed E-state index contributed by atoms with van der Waals surface area (Å²) in [4.78, 5) is 11.4. The third-order valence-corrected chi connectivity index (χ3v) is 5.78. The van der Waals surface area contributed by atoms with Gasteiger partial charge in [0.1, 0.15) is 17.5 Å². The monoisotopic (exact) mass is 388 g/mol. The molecule has 6 nitrogen and oxygen atoms in total. The molecule has 2 N–H and O–H groups in total. The number of fused-ring (bicyclic) bond motifs is 1. The minimum Gasteiger partial charge on any atom is -0.351 e. The summed E-state index contributed by atoms with van der Waals surface area (Å²) in [7, 11) is 0. The van der Waals surface area contributed by atoms with Crippen LogP contribution in [-0.2, 0) is 0 Å². The van der Waals surface area contributed by atoms with Gasteiger partial charge in [-0.2, -0.15) is 5.26 Å². The molecule has 0 amide bonds. The van der Waals surface area contributed by atoms with Crippen molar-refractivity contribution in [3.8, 4) is 6.07 Å². The molecule has 4 rings (SSSR count). The minimum absolute atomic E-state index is 0.409. The van der Waals surface area contributed by atoms with Crippen molar-refractivity contribution in [2.45, 2.75) is 58.4 Å². The largest absolute Gasteiger partial charge is 0.351 e. The predicted molar refractivity (Wildman–Crippen MR) is 117 cm³/mol. The van der Waals surface area contributed by atoms with Crippen LogP contribution in [0.25, 0.3) is 5.57 Å². The zero-order valence-corrected chi connectivity index (χ0v) is 17.2. The average Bonchev–Trinajstić information content (AvgIpc) is 2.90. The summed E-state index contributed by atoms with van der Waals surface area (Å²) in [5.41, 5.74) is 4.23. The van der Waals surface area contributed by atoms with E-state index in [-0.39, 0.29) is 0 Å². The Morgan fingerprint density at radius 3 is 2.72 bits per heavy atom. The molecule has 2 aromatic rings. The first-order valence-electron chi connectivity index (χ1n) is 10.6. The van der Waals surface area contributed by atoms with Gasteiger partial charge in [-0.3, -0.25) is 0 Å². The number of nitrogens with zero attached hydrogens (tertiary/aromatic N) is 4. The van der Waals surface area contributed by atoms with E-state index in [1.165, 1.54) is 25.7 Å². The lowest BCUT2D eigenvalue weighted by Crippen LogP contribution is -2.23. The van der Waals surface area contributed by atoms with Crippen LogP contribution in [0.3, 0.4) is 0 Å². The van der Waals surface area contributed by atoms with Crippen LogP contribution in [0.4, 0.5) is 17.3 Å². The second kappa shape index (κ2) is 8.52. The summed E-state index contributed by atoms with van der Waals surface area (Å²) in [6.07, 6.45) is 9.23. The molecule has 1 aromatic heterocycles. The number of nitriles is 1. The van der Waals surface area contributed by atoms with Crippen LogP contribution in [0, 0.1) is 18.3 Å². The van der Waals surface area contributed by atoms with Gasteiger partial charge in [0.05, 0.1) is 17.1 Å². The van der Waals surface area contributed by atoms with Gasteiger partial charge in [-0.05, 0) is 44.4 Å². The Morgan fingerprint density at radius 1 is 1.24 bits per heavy atom. The number of para-hydroxylation sites is 2. The Balaban J connectivity index is 1.69. The number of benzene rings is 1. The van der Waals surface area contributed by atoms with Crippen molar-refractivity contribution in [1.82, 2.24) is 9.97 Å². The summed E-state index contributed by atoms with van der Waals surface area (Å²) in [6.45, 7) is 4.81. The first kappa shape index (κ1) is 19.3. The first-order valence-corrected chi connectivity index (χ1v) is 10.6. The van der Waals surface area contributed by atoms with Gasteiger partial charge in [0, 0.05) is 18.8 Å². The third kappa shape index (κ3) is 3.91. The van der Waals surface area contributed by atoms with E-state index in [9.17, 15) is 5.26 Å². The van der Waals surface area contributed by atoms with E-state index < -0.39 is 0 Å². The Labute approximate surface area is 172 Å². The van der Waals surface area contributed by atoms with E-state index in [1.54, 1.807) is 0 Å². The maximum atomic E-state index is 10.1. The first-order chi connectivity index (χ1) is 14.2. The maximum Gasteiger partial charge on any atom is 0.223 e. The van der Waals surface area contributed by atoms with E-state index in [0.717, 1.165) is 42.1 Å². The highest BCUT2D eigenvalue weighted by atomic mass is 15.3. The van der Waals surface area contributed by atoms with Gasteiger partial charge in [-0.15, -0.1) is 0 Å². The van der Waals surface area contributed by atoms with Crippen LogP contribution in [0.1, 0.15) is 56.7 Å². The van der Waals surface area contributed by atoms with Crippen LogP contribution in [0.15, 0.2) is 36.3 Å². The lowest BCUT2D eigenvalue weighted by Gasteiger charge is -2.20. The highest BCUT2D eigenvalue weighted by Gasteiger charge is 2.27. The summed E-state index contributed by atoms with van der Waals surface area (Å²) in [6, 6.07) is 10.9. The van der Waals surface area contributed by atoms with Gasteiger partial charge in [0.2, 0.25) is 5.95 Å². The van der Waals surface area contributed by atoms with Crippen LogP contribution in [-0.4, -0.2) is 22.6 Å². The molecule has 1 aromatic carbocycles. The van der Waals surface area contributed by atoms with E-state index >= 15 is 0 Å². The normalized spacial score (nSPS) is 18.4. The van der Waals surface area contributed by atoms with Crippen molar-refractivity contribution in [3.63, 3.8) is 0 Å². The molecule has 1 fully saturated rings. The van der Waals surface area contributed by atoms with Gasteiger partial charge < -0.3 is 15.5 Å². The van der Waals surface area contributed by atoms with Crippen LogP contribution < -0.4 is 15.5 Å². The van der Waals surface area contributed by atoms with Crippen LogP contribution in [0.2, 0.25) is 0 Å². The van der Waals surface area contributed by atoms with Crippen molar-refractivity contribution < 1.29 is 0 Å². The number of anilines is 3. The standard InChI is InChI=1S/C23H28N6/c1-3-29-20-13-9-8-12-19(20)27-22(29)18(14-24)21-16(2)15-25-23(28-21)26-17-10-6-4-5-7-11-17/h8-9,12-13,15,17,27H,3-7,10-11H2,1-2H3,(H,25,26,28). The van der Waals surface area contributed by atoms with Gasteiger partial charge in [0.25, 0.3) is 0 Å². The number of allylic oxidation sites excluding steroid dienone is 1. The van der Waals surface area contributed by atoms with Gasteiger partial charge in [-0.1, -0.05) is 37.8 Å². The average molecular weight is 389 g/mol. The van der Waals surface area contributed by atoms with Crippen LogP contribution in [0.5, 0.6) is 0 Å². The van der Waals surface area contributed by atoms with Crippen LogP contribution >= 0.6 is 0 Å². The van der Waals surface area contributed by atoms with E-state index in [1.807, 2.05) is 31.3 Å². The number of aromatic nitrogens is 2. The molecule has 1 saturated carbocycles. The molecular formula is C23H28N6. The number of hydrogen-bond donors (Lipinski definition) is 2. The summed E-state index contributed by atoms with van der Waals surface area (Å²) >= 11 is 0. The molecule has 0 radical (unpaired) electrons. The Bertz CT molecular complexity index is 950. The number of aryl methyl sites for hydroxylation is 1. The topological polar surface area (TPSA) is 76.9 Å². The fourth-order valence-corrected chi connectivity index (χ4v) is 4.25. The molecule has 0 spiro atoms. The highest BCUT2D eigenvalue weighted by Crippen LogP contribution is 2.38. The zero-order chi connectivity index (χ0) is 20.2. The van der Waals surface area contributed by atoms with Gasteiger partial charge in [0.15, 0.2) is 0 Å². The number of nitrogens with one attached hydrogen (secondary N) is 2. The lowest BCUT2D eigenvalue weighted by molar-refractivity contribution is 0.614. The molecule has 1 aliphatic carbocycles. The van der Waals surface area contributed by atoms with Crippen molar-refractivity contribution in [2.75, 3.05) is 22.1 Å². The van der Waals surface area contributed by atoms with Crippen molar-refractivity contribution in [1.29, 1.82) is 5.26 Å². The van der Waals surface area contributed by atoms with Crippen molar-refractivity contribution >= 4 is 22.9 Å². The third-order valence-electron chi connectivity index (χ3n) is 5.78. The molecular weight excluding hydrogens is 360 g/mol. The molecule has 2 heterocycles. The quantitative estimate of drug-likeness (QED) is 0.563. The Kier molecular flexibility index (Phi) is 5.66. The summed E-state index contributed by atoms with van der Waals surface area (Å²) < 4.78 is 0. The smallest absolute Gasteiger partial charge is 0.223 e. The molecule has 0 atom stereocenters. The molecule has 150 valence electrons. The summed E-state index contributed by atoms with van der Waals surface area (Å²) in [5, 5.41) is 17.0. The second-order valence-electron chi connectivity index (χ2n) is 7.78. The summed E-state index contributed by atoms with van der Waals surface area (Å²) in [5.74, 6) is 1.41. The Morgan fingerprint density at radius 2 is 2.00 bits per heavy atom. The lowest BCUT2D eigenvalue weighted by atomic mass is 10.1. The second-order valence-corrected chi connectivity index (χ2v) is 7.78. The van der Waals surface area contributed by atoms with Gasteiger partial charge >= 0.3 is 0 Å². The zero-order valence-electron chi connectivity index (χ0n) is 17.2. The number of hydrogen-bond acceptors (Lipinski definition) is 6. The molecule has 29 heavy (non-hydrogen) atoms. The van der Waals surface area contributed by atoms with E-state index in [4.69, 9.17) is 4.98 Å². The molecule has 2 aliphatic rings. The molecule has 6 heteroatoms. The molecule has 0 unspecified atom stereocenters. The van der Waals surface area contributed by atoms with Crippen molar-refractivity contribution in [2.24, 2.45) is 0 Å². The molecule has 1 aliphatic heterocycles. The number of rotatable bonds is 4. The SMILES string of the molecule is CCN1C(=C(C#N)c2nc(NC3CCCCCC3)ncc2C)Nc2ccccc21. The Hall–Kier alpha value is -3.07. The van der Waals surface area contributed by atoms with E-state index in [2.05, 4.69) is 39.6 Å². The van der Waals surface area contributed by atoms with E-state index in [0.29, 0.717) is 23.3 Å².